The van der Waals surface area contributed by atoms with Gasteiger partial charge in [0.15, 0.2) is 0 Å². The third-order valence-electron chi connectivity index (χ3n) is 5.25. The van der Waals surface area contributed by atoms with Gasteiger partial charge in [-0.3, -0.25) is 4.90 Å². The number of halogens is 2. The number of rotatable bonds is 4. The van der Waals surface area contributed by atoms with E-state index in [1.54, 1.807) is 12.1 Å². The molecule has 0 aliphatic carbocycles. The predicted octanol–water partition coefficient (Wildman–Crippen LogP) is 3.01. The summed E-state index contributed by atoms with van der Waals surface area (Å²) < 4.78 is 13.3. The number of nitrogens with zero attached hydrogens (tertiary/aromatic N) is 3. The monoisotopic (exact) mass is 353 g/mol. The number of hydrogen-bond acceptors (Lipinski definition) is 3. The van der Waals surface area contributed by atoms with Crippen LogP contribution in [0.1, 0.15) is 25.7 Å². The zero-order valence-corrected chi connectivity index (χ0v) is 15.3. The Balaban J connectivity index is 1.54. The van der Waals surface area contributed by atoms with Gasteiger partial charge in [-0.1, -0.05) is 11.6 Å². The Hall–Kier alpha value is -0.880. The van der Waals surface area contributed by atoms with Gasteiger partial charge in [0.25, 0.3) is 0 Å². The van der Waals surface area contributed by atoms with Gasteiger partial charge in [-0.15, -0.1) is 0 Å². The summed E-state index contributed by atoms with van der Waals surface area (Å²) in [4.78, 5) is 4.85. The van der Waals surface area contributed by atoms with Gasteiger partial charge < -0.3 is 10.2 Å². The molecule has 4 nitrogen and oxygen atoms in total. The fraction of sp³-hybridized carbons (Fsp3) is 0.667. The SMILES string of the molecule is CN(C)C1CCN(C2CC(Nc3ccc(F)c(Cl)c3)CC[N]2)CC1. The standard InChI is InChI=1S/C18H27ClFN4/c1-23(2)15-6-9-24(10-7-15)18-12-14(5-8-21-18)22-13-3-4-17(20)16(19)11-13/h3-4,11,14-15,18,22H,5-10,12H2,1-2H3. The van der Waals surface area contributed by atoms with E-state index < -0.39 is 0 Å². The zero-order chi connectivity index (χ0) is 17.1. The van der Waals surface area contributed by atoms with E-state index >= 15 is 0 Å². The average Bonchev–Trinajstić information content (AvgIpc) is 2.58. The van der Waals surface area contributed by atoms with E-state index in [0.717, 1.165) is 38.2 Å². The van der Waals surface area contributed by atoms with Crippen molar-refractivity contribution in [3.05, 3.63) is 29.0 Å². The Morgan fingerprint density at radius 1 is 1.25 bits per heavy atom. The summed E-state index contributed by atoms with van der Waals surface area (Å²) in [5, 5.41) is 8.50. The molecule has 2 aliphatic heterocycles. The number of benzene rings is 1. The minimum atomic E-state index is -0.373. The van der Waals surface area contributed by atoms with Crippen molar-refractivity contribution in [2.24, 2.45) is 0 Å². The van der Waals surface area contributed by atoms with Crippen molar-refractivity contribution in [2.45, 2.75) is 43.9 Å². The van der Waals surface area contributed by atoms with Crippen LogP contribution in [0.5, 0.6) is 0 Å². The second-order valence-electron chi connectivity index (χ2n) is 7.11. The van der Waals surface area contributed by atoms with E-state index in [9.17, 15) is 4.39 Å². The molecule has 24 heavy (non-hydrogen) atoms. The maximum Gasteiger partial charge on any atom is 0.141 e. The molecule has 1 N–H and O–H groups in total. The molecule has 2 aliphatic rings. The van der Waals surface area contributed by atoms with E-state index in [1.807, 2.05) is 0 Å². The lowest BCUT2D eigenvalue weighted by Gasteiger charge is -2.42. The molecule has 2 saturated heterocycles. The molecule has 2 heterocycles. The molecular formula is C18H27ClFN4. The molecule has 6 heteroatoms. The molecule has 1 aromatic rings. The van der Waals surface area contributed by atoms with Gasteiger partial charge in [0.1, 0.15) is 5.82 Å². The highest BCUT2D eigenvalue weighted by atomic mass is 35.5. The zero-order valence-electron chi connectivity index (χ0n) is 14.5. The molecule has 133 valence electrons. The summed E-state index contributed by atoms with van der Waals surface area (Å²) in [7, 11) is 4.33. The van der Waals surface area contributed by atoms with Crippen LogP contribution in [0.25, 0.3) is 0 Å². The fourth-order valence-corrected chi connectivity index (χ4v) is 3.92. The first kappa shape index (κ1) is 17.9. The molecule has 0 spiro atoms. The molecule has 1 aromatic carbocycles. The van der Waals surface area contributed by atoms with Gasteiger partial charge in [-0.2, -0.15) is 0 Å². The van der Waals surface area contributed by atoms with E-state index in [4.69, 9.17) is 16.9 Å². The Kier molecular flexibility index (Phi) is 5.98. The van der Waals surface area contributed by atoms with Crippen molar-refractivity contribution >= 4 is 17.3 Å². The topological polar surface area (TPSA) is 32.6 Å². The summed E-state index contributed by atoms with van der Waals surface area (Å²) in [5.74, 6) is -0.373. The first-order chi connectivity index (χ1) is 11.5. The van der Waals surface area contributed by atoms with Gasteiger partial charge in [0.2, 0.25) is 0 Å². The highest BCUT2D eigenvalue weighted by Crippen LogP contribution is 2.25. The lowest BCUT2D eigenvalue weighted by atomic mass is 9.98. The third kappa shape index (κ3) is 4.39. The van der Waals surface area contributed by atoms with Crippen molar-refractivity contribution in [3.63, 3.8) is 0 Å². The van der Waals surface area contributed by atoms with Crippen LogP contribution in [-0.4, -0.2) is 61.8 Å². The summed E-state index contributed by atoms with van der Waals surface area (Å²) in [6, 6.07) is 5.90. The largest absolute Gasteiger partial charge is 0.382 e. The molecule has 0 aromatic heterocycles. The van der Waals surface area contributed by atoms with E-state index in [-0.39, 0.29) is 10.8 Å². The summed E-state index contributed by atoms with van der Waals surface area (Å²) in [6.07, 6.45) is 4.74. The lowest BCUT2D eigenvalue weighted by molar-refractivity contribution is 0.0736. The van der Waals surface area contributed by atoms with Crippen LogP contribution >= 0.6 is 11.6 Å². The Morgan fingerprint density at radius 2 is 2.00 bits per heavy atom. The molecular weight excluding hydrogens is 327 g/mol. The summed E-state index contributed by atoms with van der Waals surface area (Å²) in [6.45, 7) is 3.11. The number of nitrogens with one attached hydrogen (secondary N) is 1. The van der Waals surface area contributed by atoms with Gasteiger partial charge >= 0.3 is 0 Å². The first-order valence-corrected chi connectivity index (χ1v) is 9.19. The van der Waals surface area contributed by atoms with Crippen molar-refractivity contribution in [2.75, 3.05) is 39.0 Å². The fourth-order valence-electron chi connectivity index (χ4n) is 3.74. The Bertz CT molecular complexity index is 546. The Labute approximate surface area is 149 Å². The predicted molar refractivity (Wildman–Crippen MR) is 97.1 cm³/mol. The summed E-state index contributed by atoms with van der Waals surface area (Å²) in [5.41, 5.74) is 0.887. The van der Waals surface area contributed by atoms with Gasteiger partial charge in [0.05, 0.1) is 11.2 Å². The van der Waals surface area contributed by atoms with Crippen molar-refractivity contribution < 1.29 is 4.39 Å². The van der Waals surface area contributed by atoms with Crippen LogP contribution in [0.4, 0.5) is 10.1 Å². The van der Waals surface area contributed by atoms with E-state index in [1.165, 1.54) is 18.9 Å². The number of piperidine rings is 2. The smallest absolute Gasteiger partial charge is 0.141 e. The second kappa shape index (κ2) is 8.00. The van der Waals surface area contributed by atoms with Crippen LogP contribution in [0.15, 0.2) is 18.2 Å². The van der Waals surface area contributed by atoms with E-state index in [2.05, 4.69) is 29.2 Å². The van der Waals surface area contributed by atoms with E-state index in [0.29, 0.717) is 18.2 Å². The molecule has 0 amide bonds. The molecule has 2 unspecified atom stereocenters. The molecule has 1 radical (unpaired) electrons. The second-order valence-corrected chi connectivity index (χ2v) is 7.52. The Morgan fingerprint density at radius 3 is 2.67 bits per heavy atom. The average molecular weight is 354 g/mol. The van der Waals surface area contributed by atoms with Crippen LogP contribution in [-0.2, 0) is 0 Å². The maximum atomic E-state index is 13.3. The van der Waals surface area contributed by atoms with Gasteiger partial charge in [-0.05, 0) is 58.0 Å². The van der Waals surface area contributed by atoms with Crippen LogP contribution in [0.3, 0.4) is 0 Å². The minimum absolute atomic E-state index is 0.169. The molecule has 2 atom stereocenters. The maximum absolute atomic E-state index is 13.3. The van der Waals surface area contributed by atoms with Crippen molar-refractivity contribution in [1.82, 2.24) is 15.1 Å². The number of anilines is 1. The van der Waals surface area contributed by atoms with Gasteiger partial charge in [-0.25, -0.2) is 9.71 Å². The molecule has 2 fully saturated rings. The normalized spacial score (nSPS) is 26.7. The molecule has 0 saturated carbocycles. The van der Waals surface area contributed by atoms with Crippen LogP contribution in [0.2, 0.25) is 5.02 Å². The molecule has 0 bridgehead atoms. The van der Waals surface area contributed by atoms with Crippen LogP contribution < -0.4 is 10.6 Å². The van der Waals surface area contributed by atoms with Gasteiger partial charge in [0, 0.05) is 37.4 Å². The first-order valence-electron chi connectivity index (χ1n) is 8.81. The van der Waals surface area contributed by atoms with Crippen LogP contribution in [0, 0.1) is 5.82 Å². The third-order valence-corrected chi connectivity index (χ3v) is 5.54. The quantitative estimate of drug-likeness (QED) is 0.903. The number of likely N-dealkylation sites (tertiary alicyclic amines) is 1. The minimum Gasteiger partial charge on any atom is -0.382 e. The summed E-state index contributed by atoms with van der Waals surface area (Å²) >= 11 is 5.88. The molecule has 3 rings (SSSR count). The number of hydrogen-bond donors (Lipinski definition) is 1. The highest BCUT2D eigenvalue weighted by molar-refractivity contribution is 6.31. The lowest BCUT2D eigenvalue weighted by Crippen LogP contribution is -2.53. The van der Waals surface area contributed by atoms with Crippen molar-refractivity contribution in [3.8, 4) is 0 Å². The highest BCUT2D eigenvalue weighted by Gasteiger charge is 2.30. The van der Waals surface area contributed by atoms with Crippen molar-refractivity contribution in [1.29, 1.82) is 0 Å².